The first kappa shape index (κ1) is 12.6. The van der Waals surface area contributed by atoms with Crippen LogP contribution in [0.2, 0.25) is 0 Å². The summed E-state index contributed by atoms with van der Waals surface area (Å²) in [6.45, 7) is 0. The number of H-pyrrole nitrogens is 1. The maximum Gasteiger partial charge on any atom is 0.160 e. The van der Waals surface area contributed by atoms with Crippen molar-refractivity contribution in [3.05, 3.63) is 60.9 Å². The highest BCUT2D eigenvalue weighted by atomic mass is 16.5. The number of ether oxygens (including phenoxy) is 1. The predicted molar refractivity (Wildman–Crippen MR) is 85.2 cm³/mol. The standard InChI is InChI=1S/C17H14N4O/c1-22-13-8-6-12(7-9-13)15-10-17(20-19-15)21-11-18-14-4-2-3-5-16(14)21/h2-11H,1H3,(H,19,20). The zero-order chi connectivity index (χ0) is 14.9. The first-order valence-electron chi connectivity index (χ1n) is 6.97. The van der Waals surface area contributed by atoms with Crippen molar-refractivity contribution in [2.75, 3.05) is 7.11 Å². The number of methoxy groups -OCH3 is 1. The van der Waals surface area contributed by atoms with E-state index in [9.17, 15) is 0 Å². The van der Waals surface area contributed by atoms with Gasteiger partial charge in [0.15, 0.2) is 5.82 Å². The smallest absolute Gasteiger partial charge is 0.160 e. The first-order chi connectivity index (χ1) is 10.8. The van der Waals surface area contributed by atoms with Gasteiger partial charge >= 0.3 is 0 Å². The molecule has 0 atom stereocenters. The largest absolute Gasteiger partial charge is 0.497 e. The molecule has 22 heavy (non-hydrogen) atoms. The molecule has 0 aliphatic carbocycles. The Bertz CT molecular complexity index is 921. The Balaban J connectivity index is 1.74. The second-order valence-corrected chi connectivity index (χ2v) is 4.97. The summed E-state index contributed by atoms with van der Waals surface area (Å²) in [6, 6.07) is 17.9. The minimum Gasteiger partial charge on any atom is -0.497 e. The summed E-state index contributed by atoms with van der Waals surface area (Å²) < 4.78 is 7.15. The molecule has 0 amide bonds. The lowest BCUT2D eigenvalue weighted by Gasteiger charge is -2.00. The van der Waals surface area contributed by atoms with E-state index in [0.29, 0.717) is 0 Å². The highest BCUT2D eigenvalue weighted by Gasteiger charge is 2.08. The van der Waals surface area contributed by atoms with Crippen LogP contribution in [0, 0.1) is 0 Å². The second-order valence-electron chi connectivity index (χ2n) is 4.97. The molecule has 1 N–H and O–H groups in total. The highest BCUT2D eigenvalue weighted by Crippen LogP contribution is 2.23. The topological polar surface area (TPSA) is 55.7 Å². The van der Waals surface area contributed by atoms with Gasteiger partial charge in [0, 0.05) is 6.07 Å². The fraction of sp³-hybridized carbons (Fsp3) is 0.0588. The van der Waals surface area contributed by atoms with Crippen LogP contribution in [-0.2, 0) is 0 Å². The van der Waals surface area contributed by atoms with Crippen LogP contribution >= 0.6 is 0 Å². The van der Waals surface area contributed by atoms with Crippen molar-refractivity contribution in [2.24, 2.45) is 0 Å². The number of nitrogens with zero attached hydrogens (tertiary/aromatic N) is 3. The maximum atomic E-state index is 5.18. The molecule has 0 spiro atoms. The van der Waals surface area contributed by atoms with Crippen molar-refractivity contribution in [3.63, 3.8) is 0 Å². The number of aromatic amines is 1. The molecule has 0 unspecified atom stereocenters. The minimum atomic E-state index is 0.819. The van der Waals surface area contributed by atoms with E-state index in [2.05, 4.69) is 15.2 Å². The van der Waals surface area contributed by atoms with Gasteiger partial charge in [0.05, 0.1) is 23.8 Å². The molecule has 0 saturated heterocycles. The van der Waals surface area contributed by atoms with Crippen molar-refractivity contribution in [2.45, 2.75) is 0 Å². The number of hydrogen-bond donors (Lipinski definition) is 1. The monoisotopic (exact) mass is 290 g/mol. The number of nitrogens with one attached hydrogen (secondary N) is 1. The van der Waals surface area contributed by atoms with Crippen LogP contribution in [-0.4, -0.2) is 26.9 Å². The van der Waals surface area contributed by atoms with Gasteiger partial charge in [-0.15, -0.1) is 0 Å². The van der Waals surface area contributed by atoms with Gasteiger partial charge in [-0.3, -0.25) is 9.67 Å². The molecule has 0 fully saturated rings. The Labute approximate surface area is 127 Å². The van der Waals surface area contributed by atoms with Crippen molar-refractivity contribution < 1.29 is 4.74 Å². The summed E-state index contributed by atoms with van der Waals surface area (Å²) in [5.41, 5.74) is 4.01. The number of aromatic nitrogens is 4. The molecule has 5 heteroatoms. The zero-order valence-electron chi connectivity index (χ0n) is 12.0. The van der Waals surface area contributed by atoms with E-state index >= 15 is 0 Å². The fourth-order valence-electron chi connectivity index (χ4n) is 2.49. The van der Waals surface area contributed by atoms with Gasteiger partial charge in [0.1, 0.15) is 12.1 Å². The van der Waals surface area contributed by atoms with E-state index in [-0.39, 0.29) is 0 Å². The predicted octanol–water partition coefficient (Wildman–Crippen LogP) is 3.42. The van der Waals surface area contributed by atoms with Crippen LogP contribution in [0.3, 0.4) is 0 Å². The molecule has 2 heterocycles. The lowest BCUT2D eigenvalue weighted by molar-refractivity contribution is 0.415. The quantitative estimate of drug-likeness (QED) is 0.629. The van der Waals surface area contributed by atoms with Crippen LogP contribution in [0.4, 0.5) is 0 Å². The normalized spacial score (nSPS) is 11.0. The average Bonchev–Trinajstić information content (AvgIpc) is 3.21. The molecule has 0 bridgehead atoms. The Morgan fingerprint density at radius 3 is 2.68 bits per heavy atom. The van der Waals surface area contributed by atoms with Gasteiger partial charge in [-0.2, -0.15) is 5.10 Å². The number of fused-ring (bicyclic) bond motifs is 1. The molecule has 2 aromatic heterocycles. The van der Waals surface area contributed by atoms with Crippen LogP contribution in [0.25, 0.3) is 28.1 Å². The molecule has 0 aliphatic rings. The molecule has 4 rings (SSSR count). The molecule has 0 saturated carbocycles. The first-order valence-corrected chi connectivity index (χ1v) is 6.97. The number of imidazole rings is 1. The van der Waals surface area contributed by atoms with E-state index in [1.165, 1.54) is 0 Å². The third-order valence-electron chi connectivity index (χ3n) is 3.67. The van der Waals surface area contributed by atoms with Gasteiger partial charge < -0.3 is 4.74 Å². The van der Waals surface area contributed by atoms with Crippen LogP contribution < -0.4 is 4.74 Å². The Kier molecular flexibility index (Phi) is 2.89. The third-order valence-corrected chi connectivity index (χ3v) is 3.67. The second kappa shape index (κ2) is 5.04. The van der Waals surface area contributed by atoms with Crippen LogP contribution in [0.1, 0.15) is 0 Å². The van der Waals surface area contributed by atoms with Gasteiger partial charge in [0.25, 0.3) is 0 Å². The van der Waals surface area contributed by atoms with E-state index in [1.807, 2.05) is 59.2 Å². The lowest BCUT2D eigenvalue weighted by Crippen LogP contribution is -1.91. The summed E-state index contributed by atoms with van der Waals surface area (Å²) in [5.74, 6) is 1.66. The summed E-state index contributed by atoms with van der Waals surface area (Å²) in [5, 5.41) is 7.47. The SMILES string of the molecule is COc1ccc(-c2cc(-n3cnc4ccccc43)n[nH]2)cc1. The Morgan fingerprint density at radius 1 is 1.05 bits per heavy atom. The average molecular weight is 290 g/mol. The van der Waals surface area contributed by atoms with Gasteiger partial charge in [-0.25, -0.2) is 4.98 Å². The molecule has 2 aromatic carbocycles. The molecule has 108 valence electrons. The van der Waals surface area contributed by atoms with E-state index in [0.717, 1.165) is 33.9 Å². The van der Waals surface area contributed by atoms with Crippen molar-refractivity contribution in [1.82, 2.24) is 19.7 Å². The van der Waals surface area contributed by atoms with Crippen molar-refractivity contribution >= 4 is 11.0 Å². The van der Waals surface area contributed by atoms with Crippen molar-refractivity contribution in [3.8, 4) is 22.8 Å². The van der Waals surface area contributed by atoms with Crippen LogP contribution in [0.5, 0.6) is 5.75 Å². The Morgan fingerprint density at radius 2 is 1.86 bits per heavy atom. The van der Waals surface area contributed by atoms with E-state index in [1.54, 1.807) is 13.4 Å². The van der Waals surface area contributed by atoms with E-state index < -0.39 is 0 Å². The third kappa shape index (κ3) is 2.03. The molecule has 0 aliphatic heterocycles. The zero-order valence-corrected chi connectivity index (χ0v) is 12.0. The van der Waals surface area contributed by atoms with Gasteiger partial charge in [0.2, 0.25) is 0 Å². The molecular formula is C17H14N4O. The van der Waals surface area contributed by atoms with Gasteiger partial charge in [-0.1, -0.05) is 12.1 Å². The number of para-hydroxylation sites is 2. The summed E-state index contributed by atoms with van der Waals surface area (Å²) in [7, 11) is 1.66. The minimum absolute atomic E-state index is 0.819. The molecule has 0 radical (unpaired) electrons. The molecular weight excluding hydrogens is 276 g/mol. The Hall–Kier alpha value is -3.08. The number of benzene rings is 2. The van der Waals surface area contributed by atoms with Crippen LogP contribution in [0.15, 0.2) is 60.9 Å². The maximum absolute atomic E-state index is 5.18. The summed E-state index contributed by atoms with van der Waals surface area (Å²) in [4.78, 5) is 4.39. The molecule has 4 aromatic rings. The highest BCUT2D eigenvalue weighted by molar-refractivity contribution is 5.77. The lowest BCUT2D eigenvalue weighted by atomic mass is 10.1. The van der Waals surface area contributed by atoms with Gasteiger partial charge in [-0.05, 0) is 42.0 Å². The number of hydrogen-bond acceptors (Lipinski definition) is 3. The number of rotatable bonds is 3. The molecule has 5 nitrogen and oxygen atoms in total. The summed E-state index contributed by atoms with van der Waals surface area (Å²) >= 11 is 0. The summed E-state index contributed by atoms with van der Waals surface area (Å²) in [6.07, 6.45) is 1.79. The van der Waals surface area contributed by atoms with E-state index in [4.69, 9.17) is 4.74 Å². The fourth-order valence-corrected chi connectivity index (χ4v) is 2.49. The van der Waals surface area contributed by atoms with Crippen molar-refractivity contribution in [1.29, 1.82) is 0 Å².